The lowest BCUT2D eigenvalue weighted by molar-refractivity contribution is 0.102. The maximum absolute atomic E-state index is 13.0. The van der Waals surface area contributed by atoms with Gasteiger partial charge in [-0.3, -0.25) is 4.79 Å². The number of piperidine rings is 1. The normalized spacial score (nSPS) is 15.8. The van der Waals surface area contributed by atoms with Gasteiger partial charge in [-0.25, -0.2) is 8.42 Å². The van der Waals surface area contributed by atoms with Crippen molar-refractivity contribution in [2.24, 2.45) is 0 Å². The molecule has 0 saturated carbocycles. The Morgan fingerprint density at radius 3 is 2.53 bits per heavy atom. The zero-order valence-corrected chi connectivity index (χ0v) is 21.1. The summed E-state index contributed by atoms with van der Waals surface area (Å²) in [6, 6.07) is 14.3. The van der Waals surface area contributed by atoms with Crippen LogP contribution in [0, 0.1) is 0 Å². The molecule has 2 heterocycles. The topological polar surface area (TPSA) is 93.4 Å². The van der Waals surface area contributed by atoms with Crippen LogP contribution in [0.5, 0.6) is 0 Å². The molecule has 0 aliphatic carbocycles. The number of ketones is 1. The first-order valence-corrected chi connectivity index (χ1v) is 14.0. The Kier molecular flexibility index (Phi) is 7.85. The Morgan fingerprint density at radius 1 is 1.09 bits per heavy atom. The molecule has 180 valence electrons. The van der Waals surface area contributed by atoms with Crippen molar-refractivity contribution in [3.8, 4) is 11.5 Å². The molecule has 1 unspecified atom stereocenters. The smallest absolute Gasteiger partial charge is 0.277 e. The fraction of sp³-hybridized carbons (Fsp3) is 0.400. The van der Waals surface area contributed by atoms with E-state index in [9.17, 15) is 13.2 Å². The zero-order chi connectivity index (χ0) is 24.1. The van der Waals surface area contributed by atoms with Gasteiger partial charge < -0.3 is 4.42 Å². The Hall–Kier alpha value is -2.49. The van der Waals surface area contributed by atoms with Crippen molar-refractivity contribution >= 4 is 27.6 Å². The number of carbonyl (C=O) groups excluding carboxylic acids is 1. The van der Waals surface area contributed by atoms with E-state index in [1.54, 1.807) is 24.3 Å². The number of carbonyl (C=O) groups is 1. The molecule has 1 aromatic heterocycles. The monoisotopic (exact) mass is 499 g/mol. The van der Waals surface area contributed by atoms with Gasteiger partial charge in [0.1, 0.15) is 0 Å². The molecule has 0 N–H and O–H groups in total. The second-order valence-corrected chi connectivity index (χ2v) is 11.4. The van der Waals surface area contributed by atoms with Gasteiger partial charge in [-0.05, 0) is 48.9 Å². The molecule has 4 rings (SSSR count). The highest BCUT2D eigenvalue weighted by Gasteiger charge is 2.26. The number of rotatable bonds is 9. The molecule has 1 atom stereocenters. The Bertz CT molecular complexity index is 1230. The third-order valence-corrected chi connectivity index (χ3v) is 8.89. The molecule has 1 aliphatic rings. The molecule has 1 aliphatic heterocycles. The molecule has 0 radical (unpaired) electrons. The SMILES string of the molecule is CCC(C)c1ccc(C(=O)CSc2nnc(-c3cccc(S(=O)(=O)N4CCCCC4)c3)o2)cc1. The lowest BCUT2D eigenvalue weighted by atomic mass is 9.97. The van der Waals surface area contributed by atoms with E-state index < -0.39 is 10.0 Å². The number of aromatic nitrogens is 2. The van der Waals surface area contributed by atoms with E-state index in [4.69, 9.17) is 4.42 Å². The van der Waals surface area contributed by atoms with E-state index in [-0.39, 0.29) is 27.5 Å². The van der Waals surface area contributed by atoms with Crippen LogP contribution in [-0.4, -0.2) is 47.5 Å². The van der Waals surface area contributed by atoms with Crippen LogP contribution < -0.4 is 0 Å². The summed E-state index contributed by atoms with van der Waals surface area (Å²) in [7, 11) is -3.55. The maximum atomic E-state index is 13.0. The number of nitrogens with zero attached hydrogens (tertiary/aromatic N) is 3. The second kappa shape index (κ2) is 10.8. The first kappa shape index (κ1) is 24.6. The van der Waals surface area contributed by atoms with Crippen LogP contribution in [0.15, 0.2) is 63.1 Å². The van der Waals surface area contributed by atoms with E-state index in [0.717, 1.165) is 25.7 Å². The summed E-state index contributed by atoms with van der Waals surface area (Å²) >= 11 is 1.17. The van der Waals surface area contributed by atoms with Crippen LogP contribution in [0.2, 0.25) is 0 Å². The summed E-state index contributed by atoms with van der Waals surface area (Å²) in [6.45, 7) is 5.39. The van der Waals surface area contributed by atoms with Crippen molar-refractivity contribution in [3.63, 3.8) is 0 Å². The number of thioether (sulfide) groups is 1. The minimum Gasteiger partial charge on any atom is -0.411 e. The fourth-order valence-corrected chi connectivity index (χ4v) is 6.09. The van der Waals surface area contributed by atoms with Crippen LogP contribution in [0.25, 0.3) is 11.5 Å². The average Bonchev–Trinajstić information content (AvgIpc) is 3.36. The molecule has 2 aromatic carbocycles. The largest absolute Gasteiger partial charge is 0.411 e. The highest BCUT2D eigenvalue weighted by Crippen LogP contribution is 2.28. The van der Waals surface area contributed by atoms with Gasteiger partial charge in [-0.1, -0.05) is 62.4 Å². The number of hydrogen-bond donors (Lipinski definition) is 0. The average molecular weight is 500 g/mol. The Morgan fingerprint density at radius 2 is 1.82 bits per heavy atom. The van der Waals surface area contributed by atoms with Crippen molar-refractivity contribution in [1.29, 1.82) is 0 Å². The summed E-state index contributed by atoms with van der Waals surface area (Å²) in [5.41, 5.74) is 2.40. The maximum Gasteiger partial charge on any atom is 0.277 e. The predicted octanol–water partition coefficient (Wildman–Crippen LogP) is 5.40. The van der Waals surface area contributed by atoms with E-state index in [2.05, 4.69) is 24.0 Å². The molecule has 3 aromatic rings. The number of Topliss-reactive ketones (excluding diaryl/α,β-unsaturated/α-hetero) is 1. The minimum absolute atomic E-state index is 0.0185. The van der Waals surface area contributed by atoms with E-state index >= 15 is 0 Å². The van der Waals surface area contributed by atoms with E-state index in [1.165, 1.54) is 21.6 Å². The lowest BCUT2D eigenvalue weighted by Crippen LogP contribution is -2.35. The van der Waals surface area contributed by atoms with Gasteiger partial charge in [0.25, 0.3) is 5.22 Å². The first-order valence-electron chi connectivity index (χ1n) is 11.6. The number of hydrogen-bond acceptors (Lipinski definition) is 7. The molecule has 1 fully saturated rings. The predicted molar refractivity (Wildman–Crippen MR) is 133 cm³/mol. The summed E-state index contributed by atoms with van der Waals surface area (Å²) in [5.74, 6) is 0.843. The molecule has 0 bridgehead atoms. The van der Waals surface area contributed by atoms with Crippen LogP contribution in [0.1, 0.15) is 61.4 Å². The van der Waals surface area contributed by atoms with Gasteiger partial charge in [-0.15, -0.1) is 10.2 Å². The third kappa shape index (κ3) is 5.59. The third-order valence-electron chi connectivity index (χ3n) is 6.18. The Labute approximate surface area is 205 Å². The minimum atomic E-state index is -3.55. The molecule has 0 amide bonds. The van der Waals surface area contributed by atoms with Crippen molar-refractivity contribution < 1.29 is 17.6 Å². The van der Waals surface area contributed by atoms with Crippen LogP contribution >= 0.6 is 11.8 Å². The highest BCUT2D eigenvalue weighted by atomic mass is 32.2. The van der Waals surface area contributed by atoms with Gasteiger partial charge in [-0.2, -0.15) is 4.31 Å². The fourth-order valence-electron chi connectivity index (χ4n) is 3.87. The molecule has 7 nitrogen and oxygen atoms in total. The van der Waals surface area contributed by atoms with Crippen LogP contribution in [0.3, 0.4) is 0 Å². The van der Waals surface area contributed by atoms with Crippen LogP contribution in [-0.2, 0) is 10.0 Å². The summed E-state index contributed by atoms with van der Waals surface area (Å²) in [4.78, 5) is 12.8. The summed E-state index contributed by atoms with van der Waals surface area (Å²) in [6.07, 6.45) is 3.86. The number of benzene rings is 2. The molecular formula is C25H29N3O4S2. The molecule has 1 saturated heterocycles. The summed E-state index contributed by atoms with van der Waals surface area (Å²) in [5, 5.41) is 8.35. The second-order valence-electron chi connectivity index (χ2n) is 8.51. The molecule has 9 heteroatoms. The van der Waals surface area contributed by atoms with Gasteiger partial charge in [0.05, 0.1) is 10.6 Å². The lowest BCUT2D eigenvalue weighted by Gasteiger charge is -2.25. The van der Waals surface area contributed by atoms with Crippen molar-refractivity contribution in [2.75, 3.05) is 18.8 Å². The molecule has 34 heavy (non-hydrogen) atoms. The van der Waals surface area contributed by atoms with Gasteiger partial charge in [0.2, 0.25) is 15.9 Å². The van der Waals surface area contributed by atoms with Crippen LogP contribution in [0.4, 0.5) is 0 Å². The highest BCUT2D eigenvalue weighted by molar-refractivity contribution is 7.99. The van der Waals surface area contributed by atoms with E-state index in [0.29, 0.717) is 30.1 Å². The van der Waals surface area contributed by atoms with Crippen molar-refractivity contribution in [1.82, 2.24) is 14.5 Å². The number of sulfonamides is 1. The van der Waals surface area contributed by atoms with Gasteiger partial charge in [0.15, 0.2) is 5.78 Å². The van der Waals surface area contributed by atoms with E-state index in [1.807, 2.05) is 24.3 Å². The van der Waals surface area contributed by atoms with Gasteiger partial charge in [0, 0.05) is 24.2 Å². The van der Waals surface area contributed by atoms with Crippen molar-refractivity contribution in [3.05, 3.63) is 59.7 Å². The molecule has 0 spiro atoms. The standard InChI is InChI=1S/C25H29N3O4S2/c1-3-18(2)19-10-12-20(13-11-19)23(29)17-33-25-27-26-24(32-25)21-8-7-9-22(16-21)34(30,31)28-14-5-4-6-15-28/h7-13,16,18H,3-6,14-15,17H2,1-2H3. The van der Waals surface area contributed by atoms with Gasteiger partial charge >= 0.3 is 0 Å². The summed E-state index contributed by atoms with van der Waals surface area (Å²) < 4.78 is 33.2. The first-order chi connectivity index (χ1) is 16.4. The Balaban J connectivity index is 1.41. The van der Waals surface area contributed by atoms with Crippen molar-refractivity contribution in [2.45, 2.75) is 55.6 Å². The molecular weight excluding hydrogens is 470 g/mol. The quantitative estimate of drug-likeness (QED) is 0.287. The zero-order valence-electron chi connectivity index (χ0n) is 19.4.